The standard InChI is InChI=1S/C11H9Cl3O2/c1-7(2)10(15)16-11(13,14)8-5-3-4-6-9(8)12/h3-6H,1H2,2H3. The molecule has 1 rings (SSSR count). The van der Waals surface area contributed by atoms with Gasteiger partial charge in [0.2, 0.25) is 0 Å². The summed E-state index contributed by atoms with van der Waals surface area (Å²) in [6, 6.07) is 6.59. The number of halogens is 3. The van der Waals surface area contributed by atoms with Gasteiger partial charge in [-0.25, -0.2) is 4.79 Å². The lowest BCUT2D eigenvalue weighted by atomic mass is 10.2. The first-order valence-electron chi connectivity index (χ1n) is 4.36. The van der Waals surface area contributed by atoms with Gasteiger partial charge in [0.1, 0.15) is 0 Å². The third kappa shape index (κ3) is 3.14. The normalized spacial score (nSPS) is 11.0. The summed E-state index contributed by atoms with van der Waals surface area (Å²) in [7, 11) is 0. The Morgan fingerprint density at radius 2 is 1.94 bits per heavy atom. The van der Waals surface area contributed by atoms with Crippen molar-refractivity contribution in [2.24, 2.45) is 0 Å². The first kappa shape index (κ1) is 13.4. The molecule has 1 aromatic carbocycles. The van der Waals surface area contributed by atoms with Gasteiger partial charge in [-0.3, -0.25) is 0 Å². The van der Waals surface area contributed by atoms with Gasteiger partial charge in [0.05, 0.1) is 5.02 Å². The van der Waals surface area contributed by atoms with E-state index in [0.29, 0.717) is 10.6 Å². The molecule has 2 nitrogen and oxygen atoms in total. The Labute approximate surface area is 109 Å². The molecule has 0 amide bonds. The van der Waals surface area contributed by atoms with Crippen LogP contribution in [0.4, 0.5) is 0 Å². The number of esters is 1. The monoisotopic (exact) mass is 278 g/mol. The van der Waals surface area contributed by atoms with E-state index in [9.17, 15) is 4.79 Å². The second-order valence-electron chi connectivity index (χ2n) is 3.17. The van der Waals surface area contributed by atoms with Crippen molar-refractivity contribution in [3.8, 4) is 0 Å². The lowest BCUT2D eigenvalue weighted by Gasteiger charge is -2.21. The van der Waals surface area contributed by atoms with E-state index >= 15 is 0 Å². The Balaban J connectivity index is 2.98. The molecule has 0 bridgehead atoms. The van der Waals surface area contributed by atoms with Crippen molar-refractivity contribution >= 4 is 40.8 Å². The second kappa shape index (κ2) is 5.09. The van der Waals surface area contributed by atoms with Crippen molar-refractivity contribution in [3.05, 3.63) is 47.0 Å². The summed E-state index contributed by atoms with van der Waals surface area (Å²) >= 11 is 17.7. The maximum absolute atomic E-state index is 11.3. The average Bonchev–Trinajstić information content (AvgIpc) is 2.17. The van der Waals surface area contributed by atoms with Gasteiger partial charge in [-0.05, 0) is 13.0 Å². The highest BCUT2D eigenvalue weighted by molar-refractivity contribution is 6.48. The minimum Gasteiger partial charge on any atom is -0.421 e. The Morgan fingerprint density at radius 3 is 2.44 bits per heavy atom. The van der Waals surface area contributed by atoms with E-state index in [0.717, 1.165) is 0 Å². The molecular weight excluding hydrogens is 270 g/mol. The quantitative estimate of drug-likeness (QED) is 0.474. The molecular formula is C11H9Cl3O2. The summed E-state index contributed by atoms with van der Waals surface area (Å²) in [6.45, 7) is 4.93. The van der Waals surface area contributed by atoms with Crippen LogP contribution in [-0.4, -0.2) is 5.97 Å². The predicted octanol–water partition coefficient (Wildman–Crippen LogP) is 4.05. The lowest BCUT2D eigenvalue weighted by molar-refractivity contribution is -0.143. The van der Waals surface area contributed by atoms with Crippen LogP contribution in [0.25, 0.3) is 0 Å². The average molecular weight is 280 g/mol. The minimum absolute atomic E-state index is 0.206. The van der Waals surface area contributed by atoms with Crippen molar-refractivity contribution in [2.45, 2.75) is 11.4 Å². The summed E-state index contributed by atoms with van der Waals surface area (Å²) in [6.07, 6.45) is 0. The first-order chi connectivity index (χ1) is 7.34. The highest BCUT2D eigenvalue weighted by atomic mass is 35.5. The van der Waals surface area contributed by atoms with E-state index in [4.69, 9.17) is 39.5 Å². The zero-order valence-corrected chi connectivity index (χ0v) is 10.7. The predicted molar refractivity (Wildman–Crippen MR) is 65.7 cm³/mol. The van der Waals surface area contributed by atoms with Crippen LogP contribution in [0.3, 0.4) is 0 Å². The molecule has 0 aliphatic heterocycles. The smallest absolute Gasteiger partial charge is 0.336 e. The number of rotatable bonds is 3. The molecule has 16 heavy (non-hydrogen) atoms. The van der Waals surface area contributed by atoms with Crippen molar-refractivity contribution in [3.63, 3.8) is 0 Å². The van der Waals surface area contributed by atoms with Gasteiger partial charge in [0.25, 0.3) is 4.52 Å². The molecule has 0 saturated carbocycles. The van der Waals surface area contributed by atoms with E-state index < -0.39 is 10.5 Å². The molecule has 5 heteroatoms. The van der Waals surface area contributed by atoms with Crippen LogP contribution in [-0.2, 0) is 14.1 Å². The molecule has 0 atom stereocenters. The van der Waals surface area contributed by atoms with Gasteiger partial charge < -0.3 is 4.74 Å². The number of hydrogen-bond acceptors (Lipinski definition) is 2. The van der Waals surface area contributed by atoms with Crippen LogP contribution < -0.4 is 0 Å². The molecule has 0 aliphatic carbocycles. The molecule has 0 heterocycles. The number of carbonyl (C=O) groups excluding carboxylic acids is 1. The van der Waals surface area contributed by atoms with Gasteiger partial charge in [-0.1, -0.05) is 59.6 Å². The van der Waals surface area contributed by atoms with Crippen molar-refractivity contribution in [2.75, 3.05) is 0 Å². The fraction of sp³-hybridized carbons (Fsp3) is 0.182. The van der Waals surface area contributed by atoms with Gasteiger partial charge in [-0.15, -0.1) is 0 Å². The fourth-order valence-electron chi connectivity index (χ4n) is 0.956. The van der Waals surface area contributed by atoms with Crippen LogP contribution in [0, 0.1) is 0 Å². The molecule has 0 spiro atoms. The SMILES string of the molecule is C=C(C)C(=O)OC(Cl)(Cl)c1ccccc1Cl. The second-order valence-corrected chi connectivity index (χ2v) is 4.83. The third-order valence-electron chi connectivity index (χ3n) is 1.76. The van der Waals surface area contributed by atoms with Crippen molar-refractivity contribution in [1.29, 1.82) is 0 Å². The van der Waals surface area contributed by atoms with Crippen LogP contribution in [0.5, 0.6) is 0 Å². The zero-order chi connectivity index (χ0) is 12.3. The van der Waals surface area contributed by atoms with Crippen LogP contribution in [0.1, 0.15) is 12.5 Å². The summed E-state index contributed by atoms with van der Waals surface area (Å²) in [4.78, 5) is 11.3. The summed E-state index contributed by atoms with van der Waals surface area (Å²) in [5.74, 6) is -0.676. The summed E-state index contributed by atoms with van der Waals surface area (Å²) in [5, 5.41) is 0.321. The maximum Gasteiger partial charge on any atom is 0.336 e. The molecule has 86 valence electrons. The van der Waals surface area contributed by atoms with Crippen LogP contribution in [0.2, 0.25) is 5.02 Å². The van der Waals surface area contributed by atoms with Gasteiger partial charge in [0, 0.05) is 11.1 Å². The number of ether oxygens (including phenoxy) is 1. The van der Waals surface area contributed by atoms with Gasteiger partial charge >= 0.3 is 5.97 Å². The molecule has 0 unspecified atom stereocenters. The van der Waals surface area contributed by atoms with E-state index in [1.54, 1.807) is 24.3 Å². The number of benzene rings is 1. The van der Waals surface area contributed by atoms with Gasteiger partial charge in [-0.2, -0.15) is 0 Å². The van der Waals surface area contributed by atoms with Gasteiger partial charge in [0.15, 0.2) is 0 Å². The van der Waals surface area contributed by atoms with E-state index in [1.807, 2.05) is 0 Å². The van der Waals surface area contributed by atoms with Crippen LogP contribution in [0.15, 0.2) is 36.4 Å². The zero-order valence-electron chi connectivity index (χ0n) is 8.47. The fourth-order valence-corrected chi connectivity index (χ4v) is 1.79. The molecule has 0 fully saturated rings. The van der Waals surface area contributed by atoms with E-state index in [-0.39, 0.29) is 5.57 Å². The summed E-state index contributed by atoms with van der Waals surface area (Å²) in [5.41, 5.74) is 0.521. The van der Waals surface area contributed by atoms with E-state index in [1.165, 1.54) is 6.92 Å². The Hall–Kier alpha value is -0.700. The largest absolute Gasteiger partial charge is 0.421 e. The highest BCUT2D eigenvalue weighted by Gasteiger charge is 2.33. The minimum atomic E-state index is -1.81. The molecule has 0 aliphatic rings. The number of hydrogen-bond donors (Lipinski definition) is 0. The lowest BCUT2D eigenvalue weighted by Crippen LogP contribution is -2.21. The topological polar surface area (TPSA) is 26.3 Å². The maximum atomic E-state index is 11.3. The third-order valence-corrected chi connectivity index (χ3v) is 2.65. The number of alkyl halides is 2. The number of carbonyl (C=O) groups is 1. The Bertz CT molecular complexity index is 427. The molecule has 0 aromatic heterocycles. The van der Waals surface area contributed by atoms with E-state index in [2.05, 4.69) is 6.58 Å². The molecule has 1 aromatic rings. The Kier molecular flexibility index (Phi) is 4.25. The molecule has 0 radical (unpaired) electrons. The summed E-state index contributed by atoms with van der Waals surface area (Å²) < 4.78 is 3.06. The molecule has 0 saturated heterocycles. The van der Waals surface area contributed by atoms with Crippen molar-refractivity contribution in [1.82, 2.24) is 0 Å². The Morgan fingerprint density at radius 1 is 1.38 bits per heavy atom. The van der Waals surface area contributed by atoms with Crippen molar-refractivity contribution < 1.29 is 9.53 Å². The van der Waals surface area contributed by atoms with Crippen LogP contribution >= 0.6 is 34.8 Å². The first-order valence-corrected chi connectivity index (χ1v) is 5.49. The highest BCUT2D eigenvalue weighted by Crippen LogP contribution is 2.39. The molecule has 0 N–H and O–H groups in total.